The number of piperidine rings is 1. The SMILES string of the molecule is CN(C)CCN1CCCC(C(=O)Nc2nc3c(Cl)cc(Cl)cc3c(=O)[nH]2)C1. The quantitative estimate of drug-likeness (QED) is 0.789. The first kappa shape index (κ1) is 20.1. The number of benzene rings is 1. The number of amides is 1. The summed E-state index contributed by atoms with van der Waals surface area (Å²) >= 11 is 12.1. The summed E-state index contributed by atoms with van der Waals surface area (Å²) in [5.74, 6) is -0.174. The van der Waals surface area contributed by atoms with Crippen LogP contribution >= 0.6 is 23.2 Å². The van der Waals surface area contributed by atoms with Gasteiger partial charge in [0.2, 0.25) is 11.9 Å². The number of nitrogens with one attached hydrogen (secondary N) is 2. The molecule has 0 aliphatic carbocycles. The Morgan fingerprint density at radius 2 is 2.19 bits per heavy atom. The molecule has 1 aliphatic rings. The number of aromatic amines is 1. The number of rotatable bonds is 5. The third-order valence-electron chi connectivity index (χ3n) is 4.71. The van der Waals surface area contributed by atoms with E-state index in [1.165, 1.54) is 12.1 Å². The first-order chi connectivity index (χ1) is 12.8. The Morgan fingerprint density at radius 3 is 2.93 bits per heavy atom. The van der Waals surface area contributed by atoms with Gasteiger partial charge in [-0.15, -0.1) is 0 Å². The van der Waals surface area contributed by atoms with Crippen molar-refractivity contribution in [3.63, 3.8) is 0 Å². The summed E-state index contributed by atoms with van der Waals surface area (Å²) in [6.45, 7) is 3.58. The molecule has 0 radical (unpaired) electrons. The van der Waals surface area contributed by atoms with Gasteiger partial charge in [-0.05, 0) is 45.6 Å². The molecule has 27 heavy (non-hydrogen) atoms. The number of carbonyl (C=O) groups is 1. The van der Waals surface area contributed by atoms with E-state index in [1.807, 2.05) is 14.1 Å². The van der Waals surface area contributed by atoms with E-state index in [2.05, 4.69) is 25.1 Å². The Bertz CT molecular complexity index is 899. The predicted octanol–water partition coefficient (Wildman–Crippen LogP) is 2.44. The van der Waals surface area contributed by atoms with Gasteiger partial charge in [0.25, 0.3) is 5.56 Å². The number of H-pyrrole nitrogens is 1. The van der Waals surface area contributed by atoms with Gasteiger partial charge in [0, 0.05) is 24.7 Å². The number of anilines is 1. The smallest absolute Gasteiger partial charge is 0.260 e. The first-order valence-corrected chi connectivity index (χ1v) is 9.66. The summed E-state index contributed by atoms with van der Waals surface area (Å²) in [4.78, 5) is 36.3. The van der Waals surface area contributed by atoms with Crippen molar-refractivity contribution in [2.45, 2.75) is 12.8 Å². The number of likely N-dealkylation sites (tertiary alicyclic amines) is 1. The van der Waals surface area contributed by atoms with E-state index in [0.717, 1.165) is 32.5 Å². The molecular weight excluding hydrogens is 389 g/mol. The van der Waals surface area contributed by atoms with Crippen molar-refractivity contribution in [3.8, 4) is 0 Å². The molecule has 0 saturated carbocycles. The highest BCUT2D eigenvalue weighted by Crippen LogP contribution is 2.25. The molecule has 1 fully saturated rings. The largest absolute Gasteiger partial charge is 0.308 e. The van der Waals surface area contributed by atoms with Gasteiger partial charge in [0.05, 0.1) is 21.8 Å². The highest BCUT2D eigenvalue weighted by atomic mass is 35.5. The first-order valence-electron chi connectivity index (χ1n) is 8.90. The zero-order valence-corrected chi connectivity index (χ0v) is 16.9. The van der Waals surface area contributed by atoms with Gasteiger partial charge in [-0.3, -0.25) is 19.9 Å². The Balaban J connectivity index is 1.73. The van der Waals surface area contributed by atoms with E-state index in [-0.39, 0.29) is 28.2 Å². The highest BCUT2D eigenvalue weighted by molar-refractivity contribution is 6.38. The van der Waals surface area contributed by atoms with Gasteiger partial charge in [-0.1, -0.05) is 23.2 Å². The molecule has 1 aromatic heterocycles. The molecule has 1 aromatic carbocycles. The van der Waals surface area contributed by atoms with Crippen LogP contribution in [-0.4, -0.2) is 65.9 Å². The number of carbonyl (C=O) groups excluding carboxylic acids is 1. The summed E-state index contributed by atoms with van der Waals surface area (Å²) in [5, 5.41) is 3.66. The molecule has 1 atom stereocenters. The molecule has 0 bridgehead atoms. The van der Waals surface area contributed by atoms with Crippen LogP contribution in [0, 0.1) is 5.92 Å². The van der Waals surface area contributed by atoms with Crippen LogP contribution in [0.2, 0.25) is 10.0 Å². The lowest BCUT2D eigenvalue weighted by molar-refractivity contribution is -0.121. The molecular formula is C18H23Cl2N5O2. The van der Waals surface area contributed by atoms with Crippen LogP contribution in [-0.2, 0) is 4.79 Å². The minimum absolute atomic E-state index is 0.104. The van der Waals surface area contributed by atoms with Gasteiger partial charge >= 0.3 is 0 Å². The van der Waals surface area contributed by atoms with Crippen LogP contribution in [0.25, 0.3) is 10.9 Å². The fourth-order valence-corrected chi connectivity index (χ4v) is 3.80. The van der Waals surface area contributed by atoms with Crippen molar-refractivity contribution in [2.75, 3.05) is 45.6 Å². The summed E-state index contributed by atoms with van der Waals surface area (Å²) in [6.07, 6.45) is 1.79. The fourth-order valence-electron chi connectivity index (χ4n) is 3.26. The number of fused-ring (bicyclic) bond motifs is 1. The maximum absolute atomic E-state index is 12.7. The van der Waals surface area contributed by atoms with Crippen LogP contribution in [0.1, 0.15) is 12.8 Å². The zero-order valence-electron chi connectivity index (χ0n) is 15.4. The molecule has 3 rings (SSSR count). The van der Waals surface area contributed by atoms with Gasteiger partial charge in [-0.2, -0.15) is 0 Å². The van der Waals surface area contributed by atoms with Crippen molar-refractivity contribution in [2.24, 2.45) is 5.92 Å². The normalized spacial score (nSPS) is 18.2. The summed E-state index contributed by atoms with van der Waals surface area (Å²) < 4.78 is 0. The second-order valence-electron chi connectivity index (χ2n) is 7.13. The molecule has 1 unspecified atom stereocenters. The van der Waals surface area contributed by atoms with Crippen molar-refractivity contribution in [1.82, 2.24) is 19.8 Å². The van der Waals surface area contributed by atoms with E-state index < -0.39 is 5.56 Å². The van der Waals surface area contributed by atoms with E-state index >= 15 is 0 Å². The Kier molecular flexibility index (Phi) is 6.37. The van der Waals surface area contributed by atoms with Crippen molar-refractivity contribution < 1.29 is 4.79 Å². The topological polar surface area (TPSA) is 81.3 Å². The van der Waals surface area contributed by atoms with Crippen LogP contribution in [0.4, 0.5) is 5.95 Å². The lowest BCUT2D eigenvalue weighted by atomic mass is 9.97. The third-order valence-corrected chi connectivity index (χ3v) is 5.22. The monoisotopic (exact) mass is 411 g/mol. The Morgan fingerprint density at radius 1 is 1.41 bits per heavy atom. The summed E-state index contributed by atoms with van der Waals surface area (Å²) in [6, 6.07) is 3.03. The average molecular weight is 412 g/mol. The molecule has 1 amide bonds. The van der Waals surface area contributed by atoms with E-state index in [1.54, 1.807) is 0 Å². The van der Waals surface area contributed by atoms with Gasteiger partial charge in [0.1, 0.15) is 0 Å². The van der Waals surface area contributed by atoms with Crippen molar-refractivity contribution >= 4 is 46.0 Å². The minimum atomic E-state index is -0.393. The lowest BCUT2D eigenvalue weighted by Crippen LogP contribution is -2.43. The molecule has 9 heteroatoms. The number of nitrogens with zero attached hydrogens (tertiary/aromatic N) is 3. The molecule has 1 saturated heterocycles. The van der Waals surface area contributed by atoms with Crippen LogP contribution in [0.5, 0.6) is 0 Å². The zero-order chi connectivity index (χ0) is 19.6. The maximum Gasteiger partial charge on any atom is 0.260 e. The van der Waals surface area contributed by atoms with Gasteiger partial charge in [-0.25, -0.2) is 4.98 Å². The molecule has 2 heterocycles. The molecule has 7 nitrogen and oxygen atoms in total. The Hall–Kier alpha value is -1.67. The standard InChI is InChI=1S/C18H23Cl2N5O2/c1-24(2)6-7-25-5-3-4-11(10-25)16(26)22-18-21-15-13(17(27)23-18)8-12(19)9-14(15)20/h8-9,11H,3-7,10H2,1-2H3,(H2,21,22,23,26,27). The number of aromatic nitrogens is 2. The molecule has 146 valence electrons. The highest BCUT2D eigenvalue weighted by Gasteiger charge is 2.26. The molecule has 0 spiro atoms. The second-order valence-corrected chi connectivity index (χ2v) is 7.97. The van der Waals surface area contributed by atoms with Crippen molar-refractivity contribution in [3.05, 3.63) is 32.5 Å². The van der Waals surface area contributed by atoms with Crippen LogP contribution in [0.3, 0.4) is 0 Å². The summed E-state index contributed by atoms with van der Waals surface area (Å²) in [7, 11) is 4.07. The van der Waals surface area contributed by atoms with Crippen LogP contribution in [0.15, 0.2) is 16.9 Å². The number of hydrogen-bond acceptors (Lipinski definition) is 5. The third kappa shape index (κ3) is 4.99. The van der Waals surface area contributed by atoms with E-state index in [0.29, 0.717) is 17.1 Å². The van der Waals surface area contributed by atoms with Gasteiger partial charge < -0.3 is 9.80 Å². The van der Waals surface area contributed by atoms with E-state index in [9.17, 15) is 9.59 Å². The van der Waals surface area contributed by atoms with E-state index in [4.69, 9.17) is 23.2 Å². The summed E-state index contributed by atoms with van der Waals surface area (Å²) in [5.41, 5.74) is -0.0766. The van der Waals surface area contributed by atoms with Crippen molar-refractivity contribution in [1.29, 1.82) is 0 Å². The second kappa shape index (κ2) is 8.56. The average Bonchev–Trinajstić information content (AvgIpc) is 2.61. The minimum Gasteiger partial charge on any atom is -0.308 e. The number of likely N-dealkylation sites (N-methyl/N-ethyl adjacent to an activating group) is 1. The number of halogens is 2. The number of hydrogen-bond donors (Lipinski definition) is 2. The Labute approximate surface area is 167 Å². The molecule has 2 aromatic rings. The van der Waals surface area contributed by atoms with Gasteiger partial charge in [0.15, 0.2) is 0 Å². The lowest BCUT2D eigenvalue weighted by Gasteiger charge is -2.32. The fraction of sp³-hybridized carbons (Fsp3) is 0.500. The predicted molar refractivity (Wildman–Crippen MR) is 109 cm³/mol. The molecule has 2 N–H and O–H groups in total. The molecule has 1 aliphatic heterocycles. The maximum atomic E-state index is 12.7. The van der Waals surface area contributed by atoms with Crippen LogP contribution < -0.4 is 10.9 Å².